The van der Waals surface area contributed by atoms with E-state index in [9.17, 15) is 9.90 Å². The zero-order valence-electron chi connectivity index (χ0n) is 18.7. The van der Waals surface area contributed by atoms with Crippen molar-refractivity contribution in [3.8, 4) is 0 Å². The van der Waals surface area contributed by atoms with Gasteiger partial charge in [-0.3, -0.25) is 4.48 Å². The molecule has 0 spiro atoms. The number of carbonyl (C=O) groups is 1. The van der Waals surface area contributed by atoms with Gasteiger partial charge >= 0.3 is 5.97 Å². The van der Waals surface area contributed by atoms with Crippen LogP contribution in [0.5, 0.6) is 0 Å². The fraction of sp³-hybridized carbons (Fsp3) is 0.720. The van der Waals surface area contributed by atoms with Gasteiger partial charge in [0.1, 0.15) is 11.3 Å². The van der Waals surface area contributed by atoms with Crippen LogP contribution in [0.2, 0.25) is 0 Å². The first-order valence-corrected chi connectivity index (χ1v) is 11.6. The Kier molecular flexibility index (Phi) is 12.9. The molecule has 0 saturated carbocycles. The van der Waals surface area contributed by atoms with Gasteiger partial charge < -0.3 is 5.11 Å². The predicted octanol–water partition coefficient (Wildman–Crippen LogP) is 7.43. The van der Waals surface area contributed by atoms with Gasteiger partial charge in [-0.15, -0.1) is 0 Å². The molecule has 3 heteroatoms. The Morgan fingerprint density at radius 3 is 1.64 bits per heavy atom. The third kappa shape index (κ3) is 10.3. The van der Waals surface area contributed by atoms with Crippen LogP contribution in [0.25, 0.3) is 0 Å². The summed E-state index contributed by atoms with van der Waals surface area (Å²) in [5, 5.41) is 9.41. The van der Waals surface area contributed by atoms with Crippen molar-refractivity contribution < 1.29 is 9.90 Å². The van der Waals surface area contributed by atoms with Crippen molar-refractivity contribution >= 4 is 11.7 Å². The largest absolute Gasteiger partial charge is 0.477 e. The van der Waals surface area contributed by atoms with E-state index in [4.69, 9.17) is 0 Å². The molecule has 0 atom stereocenters. The van der Waals surface area contributed by atoms with E-state index in [1.807, 2.05) is 12.1 Å². The van der Waals surface area contributed by atoms with Gasteiger partial charge in [-0.1, -0.05) is 96.1 Å². The van der Waals surface area contributed by atoms with Crippen LogP contribution in [0, 0.1) is 0 Å². The van der Waals surface area contributed by atoms with E-state index in [2.05, 4.69) is 21.0 Å². The molecule has 1 N–H and O–H groups in total. The molecule has 0 aliphatic carbocycles. The van der Waals surface area contributed by atoms with Gasteiger partial charge in [-0.25, -0.2) is 4.79 Å². The fourth-order valence-electron chi connectivity index (χ4n) is 4.00. The fourth-order valence-corrected chi connectivity index (χ4v) is 4.00. The molecule has 0 aliphatic rings. The molecule has 3 nitrogen and oxygen atoms in total. The number of nitrogens with zero attached hydrogens (tertiary/aromatic N) is 1. The SMILES string of the molecule is CCCCCCCCCCCCCCCC[N+](C)(C)c1ccccc1C(=O)O. The zero-order chi connectivity index (χ0) is 20.7. The number of unbranched alkanes of at least 4 members (excludes halogenated alkanes) is 13. The molecule has 0 amide bonds. The van der Waals surface area contributed by atoms with Crippen molar-refractivity contribution in [3.63, 3.8) is 0 Å². The number of carboxylic acids is 1. The molecular formula is C25H44NO2+. The number of quaternary nitrogens is 1. The summed E-state index contributed by atoms with van der Waals surface area (Å²) in [5.74, 6) is -0.831. The van der Waals surface area contributed by atoms with Crippen LogP contribution in [0.15, 0.2) is 24.3 Å². The van der Waals surface area contributed by atoms with Gasteiger partial charge in [-0.2, -0.15) is 0 Å². The van der Waals surface area contributed by atoms with Crippen LogP contribution < -0.4 is 4.48 Å². The third-order valence-corrected chi connectivity index (χ3v) is 5.86. The highest BCUT2D eigenvalue weighted by Gasteiger charge is 2.24. The van der Waals surface area contributed by atoms with Crippen LogP contribution in [0.1, 0.15) is 107 Å². The minimum atomic E-state index is -0.831. The number of rotatable bonds is 17. The lowest BCUT2D eigenvalue weighted by molar-refractivity contribution is 0.0695. The van der Waals surface area contributed by atoms with Crippen LogP contribution in [0.4, 0.5) is 5.69 Å². The molecule has 0 fully saturated rings. The van der Waals surface area contributed by atoms with E-state index in [1.54, 1.807) is 12.1 Å². The Bertz CT molecular complexity index is 539. The molecule has 0 heterocycles. The molecule has 0 aliphatic heterocycles. The van der Waals surface area contributed by atoms with Crippen LogP contribution in [-0.4, -0.2) is 31.7 Å². The van der Waals surface area contributed by atoms with E-state index in [0.717, 1.165) is 18.7 Å². The molecule has 0 saturated heterocycles. The van der Waals surface area contributed by atoms with Crippen molar-refractivity contribution in [1.29, 1.82) is 0 Å². The molecule has 1 aromatic carbocycles. The highest BCUT2D eigenvalue weighted by atomic mass is 16.4. The smallest absolute Gasteiger partial charge is 0.341 e. The zero-order valence-corrected chi connectivity index (χ0v) is 18.7. The topological polar surface area (TPSA) is 37.3 Å². The van der Waals surface area contributed by atoms with E-state index < -0.39 is 5.97 Å². The maximum Gasteiger partial charge on any atom is 0.341 e. The second kappa shape index (κ2) is 14.6. The van der Waals surface area contributed by atoms with Gasteiger partial charge in [0, 0.05) is 6.07 Å². The summed E-state index contributed by atoms with van der Waals surface area (Å²) < 4.78 is 0.640. The predicted molar refractivity (Wildman–Crippen MR) is 122 cm³/mol. The Morgan fingerprint density at radius 1 is 0.750 bits per heavy atom. The number of hydrogen-bond acceptors (Lipinski definition) is 1. The second-order valence-corrected chi connectivity index (χ2v) is 8.83. The Balaban J connectivity index is 2.06. The second-order valence-electron chi connectivity index (χ2n) is 8.83. The third-order valence-electron chi connectivity index (χ3n) is 5.86. The van der Waals surface area contributed by atoms with Crippen molar-refractivity contribution in [2.24, 2.45) is 0 Å². The molecule has 1 rings (SSSR count). The summed E-state index contributed by atoms with van der Waals surface area (Å²) in [5.41, 5.74) is 1.34. The van der Waals surface area contributed by atoms with Crippen molar-refractivity contribution in [2.45, 2.75) is 96.8 Å². The van der Waals surface area contributed by atoms with Crippen LogP contribution in [-0.2, 0) is 0 Å². The number of para-hydroxylation sites is 1. The van der Waals surface area contributed by atoms with Gasteiger partial charge in [-0.05, 0) is 18.9 Å². The summed E-state index contributed by atoms with van der Waals surface area (Å²) in [6.45, 7) is 3.26. The van der Waals surface area contributed by atoms with E-state index in [0.29, 0.717) is 10.0 Å². The molecule has 0 aromatic heterocycles. The van der Waals surface area contributed by atoms with Gasteiger partial charge in [0.15, 0.2) is 0 Å². The molecule has 0 bridgehead atoms. The van der Waals surface area contributed by atoms with Crippen molar-refractivity contribution in [3.05, 3.63) is 29.8 Å². The van der Waals surface area contributed by atoms with Crippen molar-refractivity contribution in [1.82, 2.24) is 4.48 Å². The molecular weight excluding hydrogens is 346 g/mol. The highest BCUT2D eigenvalue weighted by molar-refractivity contribution is 5.93. The minimum absolute atomic E-state index is 0.429. The lowest BCUT2D eigenvalue weighted by atomic mass is 10.0. The maximum absolute atomic E-state index is 11.5. The number of aromatic carboxylic acids is 1. The Morgan fingerprint density at radius 2 is 1.18 bits per heavy atom. The number of carboxylic acid groups (broad SMARTS) is 1. The summed E-state index contributed by atoms with van der Waals surface area (Å²) in [7, 11) is 4.23. The highest BCUT2D eigenvalue weighted by Crippen LogP contribution is 2.25. The Labute approximate surface area is 173 Å². The number of benzene rings is 1. The summed E-state index contributed by atoms with van der Waals surface area (Å²) in [6.07, 6.45) is 19.1. The number of hydrogen-bond donors (Lipinski definition) is 1. The van der Waals surface area contributed by atoms with Gasteiger partial charge in [0.2, 0.25) is 0 Å². The normalized spacial score (nSPS) is 11.7. The average molecular weight is 391 g/mol. The van der Waals surface area contributed by atoms with Crippen molar-refractivity contribution in [2.75, 3.05) is 20.6 Å². The van der Waals surface area contributed by atoms with Crippen LogP contribution in [0.3, 0.4) is 0 Å². The molecule has 0 unspecified atom stereocenters. The minimum Gasteiger partial charge on any atom is -0.477 e. The first-order valence-electron chi connectivity index (χ1n) is 11.6. The standard InChI is InChI=1S/C25H43NO2/c1-4-5-6-7-8-9-10-11-12-13-14-15-16-19-22-26(2,3)24-21-18-17-20-23(24)25(27)28/h17-18,20-21H,4-16,19,22H2,1-3H3/p+1. The lowest BCUT2D eigenvalue weighted by Crippen LogP contribution is -2.42. The average Bonchev–Trinajstić information content (AvgIpc) is 2.68. The molecule has 0 radical (unpaired) electrons. The Hall–Kier alpha value is -1.35. The summed E-state index contributed by atoms with van der Waals surface area (Å²) >= 11 is 0. The quantitative estimate of drug-likeness (QED) is 0.222. The maximum atomic E-state index is 11.5. The monoisotopic (exact) mass is 390 g/mol. The van der Waals surface area contributed by atoms with E-state index in [-0.39, 0.29) is 0 Å². The van der Waals surface area contributed by atoms with E-state index >= 15 is 0 Å². The first kappa shape index (κ1) is 24.7. The van der Waals surface area contributed by atoms with Crippen LogP contribution >= 0.6 is 0 Å². The summed E-state index contributed by atoms with van der Waals surface area (Å²) in [4.78, 5) is 11.5. The van der Waals surface area contributed by atoms with Gasteiger partial charge in [0.05, 0.1) is 20.6 Å². The van der Waals surface area contributed by atoms with Gasteiger partial charge in [0.25, 0.3) is 0 Å². The summed E-state index contributed by atoms with van der Waals surface area (Å²) in [6, 6.07) is 7.41. The molecule has 1 aromatic rings. The first-order chi connectivity index (χ1) is 13.5. The molecule has 28 heavy (non-hydrogen) atoms. The van der Waals surface area contributed by atoms with E-state index in [1.165, 1.54) is 83.5 Å². The lowest BCUT2D eigenvalue weighted by Gasteiger charge is -2.30. The molecule has 160 valence electrons.